The lowest BCUT2D eigenvalue weighted by Crippen LogP contribution is -2.48. The van der Waals surface area contributed by atoms with Crippen LogP contribution >= 0.6 is 27.7 Å². The molecule has 226 valence electrons. The van der Waals surface area contributed by atoms with Crippen LogP contribution in [0.25, 0.3) is 6.08 Å². The fourth-order valence-electron chi connectivity index (χ4n) is 4.72. The van der Waals surface area contributed by atoms with E-state index in [0.29, 0.717) is 47.5 Å². The second-order valence-electron chi connectivity index (χ2n) is 10.2. The summed E-state index contributed by atoms with van der Waals surface area (Å²) in [6.45, 7) is 4.00. The maximum absolute atomic E-state index is 13.1. The molecule has 9 nitrogen and oxygen atoms in total. The maximum atomic E-state index is 13.1. The number of hydrogen-bond donors (Lipinski definition) is 0. The lowest BCUT2D eigenvalue weighted by Gasteiger charge is -2.33. The first-order valence-corrected chi connectivity index (χ1v) is 17.3. The predicted molar refractivity (Wildman–Crippen MR) is 173 cm³/mol. The molecule has 3 aromatic rings. The highest BCUT2D eigenvalue weighted by Gasteiger charge is 2.36. The van der Waals surface area contributed by atoms with Crippen LogP contribution in [0, 0.1) is 0 Å². The zero-order valence-electron chi connectivity index (χ0n) is 23.6. The summed E-state index contributed by atoms with van der Waals surface area (Å²) in [4.78, 5) is 29.6. The minimum Gasteiger partial charge on any atom is -0.494 e. The molecule has 2 heterocycles. The van der Waals surface area contributed by atoms with Gasteiger partial charge in [-0.2, -0.15) is 4.31 Å². The molecule has 0 aromatic heterocycles. The Balaban J connectivity index is 1.08. The molecule has 0 aliphatic carbocycles. The van der Waals surface area contributed by atoms with Gasteiger partial charge in [-0.25, -0.2) is 13.3 Å². The highest BCUT2D eigenvalue weighted by Crippen LogP contribution is 2.36. The maximum Gasteiger partial charge on any atom is 0.298 e. The van der Waals surface area contributed by atoms with Crippen molar-refractivity contribution in [1.82, 2.24) is 9.21 Å². The van der Waals surface area contributed by atoms with E-state index in [1.54, 1.807) is 30.3 Å². The average Bonchev–Trinajstić information content (AvgIpc) is 3.27. The van der Waals surface area contributed by atoms with Crippen molar-refractivity contribution in [1.29, 1.82) is 0 Å². The van der Waals surface area contributed by atoms with Gasteiger partial charge in [0.2, 0.25) is 10.0 Å². The summed E-state index contributed by atoms with van der Waals surface area (Å²) < 4.78 is 37.5. The Morgan fingerprint density at radius 3 is 2.07 bits per heavy atom. The monoisotopic (exact) mass is 685 g/mol. The Morgan fingerprint density at radius 1 is 0.837 bits per heavy atom. The van der Waals surface area contributed by atoms with Gasteiger partial charge in [0, 0.05) is 30.7 Å². The van der Waals surface area contributed by atoms with E-state index < -0.39 is 10.0 Å². The largest absolute Gasteiger partial charge is 0.494 e. The molecule has 5 rings (SSSR count). The van der Waals surface area contributed by atoms with E-state index in [0.717, 1.165) is 54.3 Å². The van der Waals surface area contributed by atoms with Gasteiger partial charge in [-0.1, -0.05) is 28.1 Å². The number of ether oxygens (including phenoxy) is 2. The Morgan fingerprint density at radius 2 is 1.44 bits per heavy atom. The number of imide groups is 1. The molecule has 2 amide bonds. The predicted octanol–water partition coefficient (Wildman–Crippen LogP) is 6.22. The fraction of sp³-hybridized carbons (Fsp3) is 0.290. The van der Waals surface area contributed by atoms with Gasteiger partial charge < -0.3 is 14.4 Å². The molecule has 3 aromatic carbocycles. The Bertz CT molecular complexity index is 1570. The zero-order chi connectivity index (χ0) is 30.4. The minimum atomic E-state index is -3.11. The van der Waals surface area contributed by atoms with Crippen LogP contribution in [0.3, 0.4) is 0 Å². The van der Waals surface area contributed by atoms with Crippen molar-refractivity contribution >= 4 is 60.6 Å². The van der Waals surface area contributed by atoms with Gasteiger partial charge in [0.1, 0.15) is 17.2 Å². The summed E-state index contributed by atoms with van der Waals surface area (Å²) in [5, 5.41) is -0.350. The number of carbonyl (C=O) groups excluding carboxylic acids is 2. The third kappa shape index (κ3) is 8.48. The van der Waals surface area contributed by atoms with Crippen molar-refractivity contribution in [3.63, 3.8) is 0 Å². The number of benzene rings is 3. The third-order valence-electron chi connectivity index (χ3n) is 7.05. The lowest BCUT2D eigenvalue weighted by atomic mass is 10.2. The molecular formula is C31H32BrN3O6S2. The van der Waals surface area contributed by atoms with Crippen LogP contribution in [0.5, 0.6) is 17.2 Å². The van der Waals surface area contributed by atoms with E-state index in [1.165, 1.54) is 15.5 Å². The quantitative estimate of drug-likeness (QED) is 0.173. The molecule has 0 unspecified atom stereocenters. The molecule has 0 N–H and O–H groups in total. The van der Waals surface area contributed by atoms with Gasteiger partial charge in [-0.15, -0.1) is 0 Å². The van der Waals surface area contributed by atoms with Gasteiger partial charge >= 0.3 is 0 Å². The molecular weight excluding hydrogens is 654 g/mol. The smallest absolute Gasteiger partial charge is 0.298 e. The first-order chi connectivity index (χ1) is 20.7. The van der Waals surface area contributed by atoms with Crippen LogP contribution in [-0.2, 0) is 14.8 Å². The van der Waals surface area contributed by atoms with Crippen LogP contribution in [0.1, 0.15) is 18.4 Å². The number of amides is 2. The Labute approximate surface area is 264 Å². The average molecular weight is 687 g/mol. The zero-order valence-corrected chi connectivity index (χ0v) is 26.9. The van der Waals surface area contributed by atoms with Gasteiger partial charge in [0.05, 0.1) is 23.5 Å². The SMILES string of the molecule is CS(=O)(=O)N1CCN(CCCCOc2ccc(N3C(=O)SC(=Cc4ccc(Oc5ccc(Br)cc5)cc4)C3=O)cc2)CC1. The second-order valence-corrected chi connectivity index (χ2v) is 14.1. The number of unbranched alkanes of at least 4 members (excludes halogenated alkanes) is 1. The Hall–Kier alpha value is -3.16. The van der Waals surface area contributed by atoms with Gasteiger partial charge in [0.25, 0.3) is 11.1 Å². The summed E-state index contributed by atoms with van der Waals surface area (Å²) in [5.74, 6) is 1.68. The lowest BCUT2D eigenvalue weighted by molar-refractivity contribution is -0.113. The van der Waals surface area contributed by atoms with E-state index in [-0.39, 0.29) is 11.1 Å². The van der Waals surface area contributed by atoms with Crippen molar-refractivity contribution in [2.24, 2.45) is 0 Å². The fourth-order valence-corrected chi connectivity index (χ4v) is 6.65. The number of nitrogens with zero attached hydrogens (tertiary/aromatic N) is 3. The number of halogens is 1. The van der Waals surface area contributed by atoms with E-state index in [4.69, 9.17) is 9.47 Å². The molecule has 2 fully saturated rings. The van der Waals surface area contributed by atoms with Crippen molar-refractivity contribution in [2.75, 3.05) is 50.5 Å². The molecule has 2 aliphatic heterocycles. The molecule has 0 atom stereocenters. The molecule has 43 heavy (non-hydrogen) atoms. The Kier molecular flexibility index (Phi) is 10.2. The highest BCUT2D eigenvalue weighted by atomic mass is 79.9. The topological polar surface area (TPSA) is 96.5 Å². The van der Waals surface area contributed by atoms with Crippen molar-refractivity contribution in [3.8, 4) is 17.2 Å². The summed E-state index contributed by atoms with van der Waals surface area (Å²) in [6.07, 6.45) is 4.77. The number of thioether (sulfide) groups is 1. The van der Waals surface area contributed by atoms with Crippen molar-refractivity contribution in [2.45, 2.75) is 12.8 Å². The third-order valence-corrected chi connectivity index (χ3v) is 9.75. The van der Waals surface area contributed by atoms with Crippen molar-refractivity contribution in [3.05, 3.63) is 87.7 Å². The second kappa shape index (κ2) is 14.1. The summed E-state index contributed by atoms with van der Waals surface area (Å²) >= 11 is 4.32. The standard InChI is InChI=1S/C31H32BrN3O6S2/c1-43(38,39)34-19-17-33(18-20-34)16-2-3-21-40-26-14-8-25(9-15-26)35-30(36)29(42-31(35)37)22-23-4-10-27(11-5-23)41-28-12-6-24(32)7-13-28/h4-15,22H,2-3,16-21H2,1H3. The number of rotatable bonds is 11. The summed E-state index contributed by atoms with van der Waals surface area (Å²) in [7, 11) is -3.11. The summed E-state index contributed by atoms with van der Waals surface area (Å²) in [5.41, 5.74) is 1.28. The molecule has 12 heteroatoms. The van der Waals surface area contributed by atoms with Gasteiger partial charge in [-0.05, 0) is 103 Å². The van der Waals surface area contributed by atoms with E-state index in [9.17, 15) is 18.0 Å². The first-order valence-electron chi connectivity index (χ1n) is 13.9. The number of anilines is 1. The van der Waals surface area contributed by atoms with E-state index in [2.05, 4.69) is 20.8 Å². The van der Waals surface area contributed by atoms with Crippen LogP contribution in [-0.4, -0.2) is 74.4 Å². The molecule has 2 aliphatic rings. The molecule has 0 spiro atoms. The van der Waals surface area contributed by atoms with Crippen LogP contribution in [0.4, 0.5) is 10.5 Å². The molecule has 0 bridgehead atoms. The normalized spacial score (nSPS) is 17.5. The molecule has 0 saturated carbocycles. The van der Waals surface area contributed by atoms with E-state index in [1.807, 2.05) is 48.5 Å². The van der Waals surface area contributed by atoms with Crippen LogP contribution in [0.2, 0.25) is 0 Å². The van der Waals surface area contributed by atoms with Gasteiger partial charge in [0.15, 0.2) is 0 Å². The number of hydrogen-bond acceptors (Lipinski definition) is 8. The first kappa shape index (κ1) is 31.3. The van der Waals surface area contributed by atoms with Crippen LogP contribution in [0.15, 0.2) is 82.2 Å². The molecule has 0 radical (unpaired) electrons. The summed E-state index contributed by atoms with van der Waals surface area (Å²) in [6, 6.07) is 21.8. The number of carbonyl (C=O) groups is 2. The van der Waals surface area contributed by atoms with Crippen LogP contribution < -0.4 is 14.4 Å². The van der Waals surface area contributed by atoms with Gasteiger partial charge in [-0.3, -0.25) is 9.59 Å². The van der Waals surface area contributed by atoms with E-state index >= 15 is 0 Å². The van der Waals surface area contributed by atoms with Crippen molar-refractivity contribution < 1.29 is 27.5 Å². The number of sulfonamides is 1. The highest BCUT2D eigenvalue weighted by molar-refractivity contribution is 9.10. The minimum absolute atomic E-state index is 0.350. The molecule has 2 saturated heterocycles. The number of piperazine rings is 1.